The monoisotopic (exact) mass is 361 g/mol. The Morgan fingerprint density at radius 2 is 1.70 bits per heavy atom. The van der Waals surface area contributed by atoms with Crippen LogP contribution in [0.3, 0.4) is 0 Å². The molecule has 0 saturated carbocycles. The molecule has 0 radical (unpaired) electrons. The van der Waals surface area contributed by atoms with E-state index < -0.39 is 5.60 Å². The van der Waals surface area contributed by atoms with Gasteiger partial charge in [-0.2, -0.15) is 0 Å². The Kier molecular flexibility index (Phi) is 3.76. The van der Waals surface area contributed by atoms with Gasteiger partial charge in [-0.15, -0.1) is 0 Å². The zero-order valence-corrected chi connectivity index (χ0v) is 15.0. The van der Waals surface area contributed by atoms with Crippen molar-refractivity contribution >= 4 is 16.7 Å². The number of fused-ring (bicyclic) bond motifs is 3. The summed E-state index contributed by atoms with van der Waals surface area (Å²) in [5, 5.41) is 2.05. The zero-order chi connectivity index (χ0) is 18.4. The fraction of sp³-hybridized carbons (Fsp3) is 0.261. The van der Waals surface area contributed by atoms with Gasteiger partial charge in [-0.05, 0) is 41.3 Å². The smallest absolute Gasteiger partial charge is 0.254 e. The summed E-state index contributed by atoms with van der Waals surface area (Å²) in [6.07, 6.45) is 1.39. The molecule has 0 N–H and O–H groups in total. The van der Waals surface area contributed by atoms with Gasteiger partial charge in [-0.25, -0.2) is 4.39 Å². The number of carbonyl (C=O) groups is 1. The highest BCUT2D eigenvalue weighted by Crippen LogP contribution is 2.45. The Morgan fingerprint density at radius 3 is 2.56 bits per heavy atom. The second kappa shape index (κ2) is 6.17. The predicted octanol–water partition coefficient (Wildman–Crippen LogP) is 4.64. The van der Waals surface area contributed by atoms with Crippen LogP contribution in [0.25, 0.3) is 10.8 Å². The van der Waals surface area contributed by atoms with Crippen LogP contribution in [0, 0.1) is 5.82 Å². The maximum absolute atomic E-state index is 14.1. The number of hydrogen-bond donors (Lipinski definition) is 0. The van der Waals surface area contributed by atoms with E-state index >= 15 is 0 Å². The fourth-order valence-electron chi connectivity index (χ4n) is 4.49. The van der Waals surface area contributed by atoms with E-state index in [4.69, 9.17) is 4.74 Å². The second-order valence-corrected chi connectivity index (χ2v) is 7.37. The molecule has 0 atom stereocenters. The SMILES string of the molecule is O=C(c1cccc2ccccc12)N1CCC2(CC1)OCc1c(F)cccc12. The first-order valence-corrected chi connectivity index (χ1v) is 9.37. The van der Waals surface area contributed by atoms with E-state index in [1.165, 1.54) is 6.07 Å². The van der Waals surface area contributed by atoms with Crippen molar-refractivity contribution in [2.45, 2.75) is 25.0 Å². The molecule has 0 aliphatic carbocycles. The van der Waals surface area contributed by atoms with Crippen LogP contribution in [0.15, 0.2) is 60.7 Å². The van der Waals surface area contributed by atoms with Crippen molar-refractivity contribution in [2.75, 3.05) is 13.1 Å². The average Bonchev–Trinajstić information content (AvgIpc) is 3.07. The summed E-state index contributed by atoms with van der Waals surface area (Å²) in [5.41, 5.74) is 1.92. The number of piperidine rings is 1. The van der Waals surface area contributed by atoms with Crippen LogP contribution < -0.4 is 0 Å². The Morgan fingerprint density at radius 1 is 0.963 bits per heavy atom. The maximum atomic E-state index is 14.1. The van der Waals surface area contributed by atoms with Crippen molar-refractivity contribution in [3.63, 3.8) is 0 Å². The normalized spacial score (nSPS) is 18.0. The van der Waals surface area contributed by atoms with Gasteiger partial charge < -0.3 is 9.64 Å². The average molecular weight is 361 g/mol. The molecule has 1 saturated heterocycles. The molecule has 5 rings (SSSR count). The van der Waals surface area contributed by atoms with E-state index in [9.17, 15) is 9.18 Å². The van der Waals surface area contributed by atoms with Crippen molar-refractivity contribution < 1.29 is 13.9 Å². The van der Waals surface area contributed by atoms with Gasteiger partial charge in [0.25, 0.3) is 5.91 Å². The summed E-state index contributed by atoms with van der Waals surface area (Å²) in [5.74, 6) is -0.141. The molecule has 0 bridgehead atoms. The Bertz CT molecular complexity index is 1030. The van der Waals surface area contributed by atoms with Crippen LogP contribution >= 0.6 is 0 Å². The first-order chi connectivity index (χ1) is 13.2. The molecule has 2 heterocycles. The number of likely N-dealkylation sites (tertiary alicyclic amines) is 1. The van der Waals surface area contributed by atoms with E-state index in [-0.39, 0.29) is 11.7 Å². The van der Waals surface area contributed by atoms with Crippen molar-refractivity contribution in [1.82, 2.24) is 4.90 Å². The fourth-order valence-corrected chi connectivity index (χ4v) is 4.49. The van der Waals surface area contributed by atoms with E-state index in [2.05, 4.69) is 0 Å². The summed E-state index contributed by atoms with van der Waals surface area (Å²) in [6.45, 7) is 1.54. The van der Waals surface area contributed by atoms with Crippen LogP contribution in [0.1, 0.15) is 34.3 Å². The summed E-state index contributed by atoms with van der Waals surface area (Å²) in [7, 11) is 0. The first kappa shape index (κ1) is 16.5. The quantitative estimate of drug-likeness (QED) is 0.632. The second-order valence-electron chi connectivity index (χ2n) is 7.37. The lowest BCUT2D eigenvalue weighted by atomic mass is 9.83. The lowest BCUT2D eigenvalue weighted by Crippen LogP contribution is -2.45. The minimum Gasteiger partial charge on any atom is -0.365 e. The van der Waals surface area contributed by atoms with E-state index in [1.807, 2.05) is 53.4 Å². The van der Waals surface area contributed by atoms with E-state index in [0.29, 0.717) is 38.1 Å². The van der Waals surface area contributed by atoms with Gasteiger partial charge in [0.2, 0.25) is 0 Å². The van der Waals surface area contributed by atoms with E-state index in [0.717, 1.165) is 21.9 Å². The molecule has 4 heteroatoms. The molecule has 0 aromatic heterocycles. The van der Waals surface area contributed by atoms with Crippen LogP contribution in [0.5, 0.6) is 0 Å². The van der Waals surface area contributed by atoms with Gasteiger partial charge in [0, 0.05) is 24.2 Å². The number of nitrogens with zero attached hydrogens (tertiary/aromatic N) is 1. The largest absolute Gasteiger partial charge is 0.365 e. The molecule has 1 amide bonds. The minimum atomic E-state index is -0.451. The van der Waals surface area contributed by atoms with Gasteiger partial charge in [-0.3, -0.25) is 4.79 Å². The molecule has 3 nitrogen and oxygen atoms in total. The van der Waals surface area contributed by atoms with Gasteiger partial charge in [0.05, 0.1) is 12.2 Å². The molecule has 27 heavy (non-hydrogen) atoms. The van der Waals surface area contributed by atoms with Gasteiger partial charge in [-0.1, -0.05) is 48.5 Å². The highest BCUT2D eigenvalue weighted by molar-refractivity contribution is 6.07. The molecule has 136 valence electrons. The van der Waals surface area contributed by atoms with Crippen molar-refractivity contribution in [3.05, 3.63) is 83.2 Å². The molecule has 0 unspecified atom stereocenters. The number of carbonyl (C=O) groups excluding carboxylic acids is 1. The number of hydrogen-bond acceptors (Lipinski definition) is 2. The standard InChI is InChI=1S/C23H20FNO2/c24-21-10-4-9-20-19(21)15-27-23(20)11-13-25(14-12-23)22(26)18-8-3-6-16-5-1-2-7-17(16)18/h1-10H,11-15H2. The molecular weight excluding hydrogens is 341 g/mol. The Labute approximate surface area is 157 Å². The van der Waals surface area contributed by atoms with Crippen molar-refractivity contribution in [2.24, 2.45) is 0 Å². The van der Waals surface area contributed by atoms with Gasteiger partial charge >= 0.3 is 0 Å². The predicted molar refractivity (Wildman–Crippen MR) is 102 cm³/mol. The topological polar surface area (TPSA) is 29.5 Å². The third-order valence-corrected chi connectivity index (χ3v) is 5.98. The van der Waals surface area contributed by atoms with Crippen LogP contribution in [0.2, 0.25) is 0 Å². The summed E-state index contributed by atoms with van der Waals surface area (Å²) >= 11 is 0. The summed E-state index contributed by atoms with van der Waals surface area (Å²) < 4.78 is 20.1. The first-order valence-electron chi connectivity index (χ1n) is 9.37. The van der Waals surface area contributed by atoms with Crippen LogP contribution in [-0.4, -0.2) is 23.9 Å². The number of ether oxygens (including phenoxy) is 1. The molecule has 3 aromatic carbocycles. The molecule has 3 aromatic rings. The Hall–Kier alpha value is -2.72. The highest BCUT2D eigenvalue weighted by Gasteiger charge is 2.44. The maximum Gasteiger partial charge on any atom is 0.254 e. The van der Waals surface area contributed by atoms with Crippen LogP contribution in [-0.2, 0) is 16.9 Å². The van der Waals surface area contributed by atoms with Crippen molar-refractivity contribution in [1.29, 1.82) is 0 Å². The number of benzene rings is 3. The molecule has 1 fully saturated rings. The third kappa shape index (κ3) is 2.55. The highest BCUT2D eigenvalue weighted by atomic mass is 19.1. The number of halogens is 1. The number of rotatable bonds is 1. The lowest BCUT2D eigenvalue weighted by Gasteiger charge is -2.39. The van der Waals surface area contributed by atoms with Gasteiger partial charge in [0.15, 0.2) is 0 Å². The summed E-state index contributed by atoms with van der Waals surface area (Å²) in [6, 6.07) is 19.0. The molecule has 2 aliphatic rings. The third-order valence-electron chi connectivity index (χ3n) is 5.98. The van der Waals surface area contributed by atoms with Gasteiger partial charge in [0.1, 0.15) is 5.82 Å². The molecule has 1 spiro atoms. The molecule has 2 aliphatic heterocycles. The lowest BCUT2D eigenvalue weighted by molar-refractivity contribution is -0.0743. The van der Waals surface area contributed by atoms with Crippen molar-refractivity contribution in [3.8, 4) is 0 Å². The van der Waals surface area contributed by atoms with E-state index in [1.54, 1.807) is 6.07 Å². The molecular formula is C23H20FNO2. The summed E-state index contributed by atoms with van der Waals surface area (Å²) in [4.78, 5) is 15.0. The Balaban J connectivity index is 1.40. The zero-order valence-electron chi connectivity index (χ0n) is 15.0. The minimum absolute atomic E-state index is 0.0547. The number of amides is 1. The van der Waals surface area contributed by atoms with Crippen LogP contribution in [0.4, 0.5) is 4.39 Å².